The summed E-state index contributed by atoms with van der Waals surface area (Å²) in [6, 6.07) is 9.97. The standard InChI is InChI=1S/C18H20N5O9P/c19-22-21-18(15(26)14(25)16(31-18)23-8-6-13(24)20-17(23)27)10-30-33(28)29-9-7-12(32-33)11-4-2-1-3-5-11/h1-6,8,12,14-16,25-26H,7,9-10H2,(H,20,24,27)/t12-,14+,15-,16+,18+,33?/m0/s1. The number of ether oxygens (including phenoxy) is 1. The Kier molecular flexibility index (Phi) is 6.52. The fourth-order valence-electron chi connectivity index (χ4n) is 3.57. The van der Waals surface area contributed by atoms with E-state index in [9.17, 15) is 24.4 Å². The first-order valence-electron chi connectivity index (χ1n) is 9.81. The number of H-pyrrole nitrogens is 1. The van der Waals surface area contributed by atoms with Gasteiger partial charge in [-0.3, -0.25) is 27.9 Å². The van der Waals surface area contributed by atoms with Crippen LogP contribution in [0, 0.1) is 0 Å². The van der Waals surface area contributed by atoms with Gasteiger partial charge < -0.3 is 14.9 Å². The van der Waals surface area contributed by atoms with Crippen molar-refractivity contribution in [3.8, 4) is 0 Å². The van der Waals surface area contributed by atoms with Crippen LogP contribution < -0.4 is 11.2 Å². The van der Waals surface area contributed by atoms with Gasteiger partial charge in [0.25, 0.3) is 5.56 Å². The summed E-state index contributed by atoms with van der Waals surface area (Å²) in [6.45, 7) is -0.782. The summed E-state index contributed by atoms with van der Waals surface area (Å²) in [5.41, 5.74) is 5.86. The van der Waals surface area contributed by atoms with Crippen LogP contribution in [-0.2, 0) is 22.9 Å². The molecule has 0 saturated carbocycles. The summed E-state index contributed by atoms with van der Waals surface area (Å²) in [6.07, 6.45) is -4.35. The summed E-state index contributed by atoms with van der Waals surface area (Å²) in [7, 11) is -4.18. The van der Waals surface area contributed by atoms with Crippen molar-refractivity contribution >= 4 is 7.82 Å². The van der Waals surface area contributed by atoms with Gasteiger partial charge in [0.1, 0.15) is 12.2 Å². The number of rotatable bonds is 6. The van der Waals surface area contributed by atoms with Gasteiger partial charge in [-0.15, -0.1) is 0 Å². The van der Waals surface area contributed by atoms with E-state index in [1.807, 2.05) is 11.1 Å². The largest absolute Gasteiger partial charge is 0.475 e. The number of hydrogen-bond acceptors (Lipinski definition) is 10. The number of phosphoric acid groups is 1. The zero-order valence-corrected chi connectivity index (χ0v) is 17.9. The zero-order chi connectivity index (χ0) is 23.6. The van der Waals surface area contributed by atoms with Crippen molar-refractivity contribution in [1.29, 1.82) is 0 Å². The fraction of sp³-hybridized carbons (Fsp3) is 0.444. The fourth-order valence-corrected chi connectivity index (χ4v) is 4.98. The molecule has 3 N–H and O–H groups in total. The van der Waals surface area contributed by atoms with Crippen LogP contribution in [0.2, 0.25) is 0 Å². The number of aromatic nitrogens is 2. The third-order valence-electron chi connectivity index (χ3n) is 5.23. The molecule has 1 unspecified atom stereocenters. The van der Waals surface area contributed by atoms with Crippen molar-refractivity contribution in [3.63, 3.8) is 0 Å². The van der Waals surface area contributed by atoms with E-state index in [4.69, 9.17) is 23.8 Å². The number of aliphatic hydroxyl groups is 2. The molecule has 0 bridgehead atoms. The second kappa shape index (κ2) is 9.21. The molecule has 2 aliphatic rings. The van der Waals surface area contributed by atoms with E-state index in [1.165, 1.54) is 0 Å². The van der Waals surface area contributed by atoms with Crippen LogP contribution in [-0.4, -0.2) is 50.9 Å². The summed E-state index contributed by atoms with van der Waals surface area (Å²) in [5, 5.41) is 24.4. The Bertz CT molecular complexity index is 1210. The van der Waals surface area contributed by atoms with E-state index in [0.29, 0.717) is 6.42 Å². The zero-order valence-electron chi connectivity index (χ0n) is 17.0. The number of aromatic amines is 1. The number of nitrogens with zero attached hydrogens (tertiary/aromatic N) is 4. The van der Waals surface area contributed by atoms with Crippen molar-refractivity contribution in [2.75, 3.05) is 13.2 Å². The predicted octanol–water partition coefficient (Wildman–Crippen LogP) is 1.10. The average molecular weight is 481 g/mol. The number of benzene rings is 1. The van der Waals surface area contributed by atoms with E-state index in [2.05, 4.69) is 10.0 Å². The van der Waals surface area contributed by atoms with Gasteiger partial charge >= 0.3 is 13.5 Å². The Morgan fingerprint density at radius 1 is 1.30 bits per heavy atom. The van der Waals surface area contributed by atoms with Gasteiger partial charge in [0.05, 0.1) is 19.3 Å². The van der Waals surface area contributed by atoms with Crippen molar-refractivity contribution in [2.24, 2.45) is 5.11 Å². The van der Waals surface area contributed by atoms with Crippen LogP contribution in [0.3, 0.4) is 0 Å². The maximum atomic E-state index is 13.1. The Balaban J connectivity index is 1.55. The molecule has 15 heteroatoms. The molecule has 1 aromatic carbocycles. The number of phosphoric ester groups is 1. The minimum atomic E-state index is -4.18. The smallest absolute Gasteiger partial charge is 0.387 e. The van der Waals surface area contributed by atoms with Gasteiger partial charge in [-0.2, -0.15) is 0 Å². The molecule has 0 amide bonds. The highest BCUT2D eigenvalue weighted by atomic mass is 31.2. The molecule has 0 radical (unpaired) electrons. The third kappa shape index (κ3) is 4.64. The minimum Gasteiger partial charge on any atom is -0.387 e. The molecular formula is C18H20N5O9P. The van der Waals surface area contributed by atoms with Gasteiger partial charge in [-0.1, -0.05) is 35.4 Å². The summed E-state index contributed by atoms with van der Waals surface area (Å²) < 4.78 is 35.4. The molecule has 3 heterocycles. The maximum absolute atomic E-state index is 13.1. The predicted molar refractivity (Wildman–Crippen MR) is 110 cm³/mol. The first kappa shape index (κ1) is 23.4. The van der Waals surface area contributed by atoms with E-state index in [1.54, 1.807) is 24.3 Å². The van der Waals surface area contributed by atoms with E-state index >= 15 is 0 Å². The van der Waals surface area contributed by atoms with Crippen LogP contribution in [0.15, 0.2) is 57.3 Å². The molecule has 4 rings (SSSR count). The van der Waals surface area contributed by atoms with E-state index < -0.39 is 55.9 Å². The molecule has 1 aromatic heterocycles. The summed E-state index contributed by atoms with van der Waals surface area (Å²) >= 11 is 0. The summed E-state index contributed by atoms with van der Waals surface area (Å²) in [4.78, 5) is 28.0. The lowest BCUT2D eigenvalue weighted by Gasteiger charge is -2.32. The lowest BCUT2D eigenvalue weighted by Crippen LogP contribution is -2.45. The van der Waals surface area contributed by atoms with Crippen molar-refractivity contribution in [2.45, 2.75) is 36.7 Å². The van der Waals surface area contributed by atoms with Crippen molar-refractivity contribution < 1.29 is 33.1 Å². The molecule has 2 saturated heterocycles. The van der Waals surface area contributed by atoms with E-state index in [0.717, 1.165) is 22.4 Å². The van der Waals surface area contributed by atoms with Gasteiger partial charge in [-0.25, -0.2) is 9.36 Å². The second-order valence-electron chi connectivity index (χ2n) is 7.34. The Morgan fingerprint density at radius 3 is 2.76 bits per heavy atom. The quantitative estimate of drug-likeness (QED) is 0.234. The molecule has 0 spiro atoms. The number of azide groups is 1. The lowest BCUT2D eigenvalue weighted by atomic mass is 10.1. The van der Waals surface area contributed by atoms with Crippen LogP contribution >= 0.6 is 7.82 Å². The monoisotopic (exact) mass is 481 g/mol. The molecular weight excluding hydrogens is 461 g/mol. The average Bonchev–Trinajstić information content (AvgIpc) is 3.04. The molecule has 6 atom stereocenters. The van der Waals surface area contributed by atoms with E-state index in [-0.39, 0.29) is 6.61 Å². The first-order valence-corrected chi connectivity index (χ1v) is 11.3. The van der Waals surface area contributed by atoms with Crippen LogP contribution in [0.5, 0.6) is 0 Å². The molecule has 2 aliphatic heterocycles. The summed E-state index contributed by atoms with van der Waals surface area (Å²) in [5.74, 6) is 0. The molecule has 2 fully saturated rings. The van der Waals surface area contributed by atoms with Crippen molar-refractivity contribution in [1.82, 2.24) is 9.55 Å². The second-order valence-corrected chi connectivity index (χ2v) is 8.96. The highest BCUT2D eigenvalue weighted by molar-refractivity contribution is 7.48. The third-order valence-corrected chi connectivity index (χ3v) is 6.69. The van der Waals surface area contributed by atoms with Crippen LogP contribution in [0.4, 0.5) is 0 Å². The molecule has 176 valence electrons. The number of hydrogen-bond donors (Lipinski definition) is 3. The molecule has 14 nitrogen and oxygen atoms in total. The number of nitrogens with one attached hydrogen (secondary N) is 1. The highest BCUT2D eigenvalue weighted by Gasteiger charge is 2.56. The Labute approximate surface area is 185 Å². The Hall–Kier alpha value is -2.80. The maximum Gasteiger partial charge on any atom is 0.475 e. The SMILES string of the molecule is [N-]=[N+]=N[C@]1(COP2(=O)OCC[C@@H](c3ccccc3)O2)O[C@@H](n2ccc(=O)[nH]c2=O)[C@H](O)[C@@H]1O. The van der Waals surface area contributed by atoms with Gasteiger partial charge in [0, 0.05) is 23.6 Å². The van der Waals surface area contributed by atoms with Gasteiger partial charge in [-0.05, 0) is 11.1 Å². The topological polar surface area (TPSA) is 198 Å². The number of aliphatic hydroxyl groups excluding tert-OH is 2. The van der Waals surface area contributed by atoms with Gasteiger partial charge in [0.15, 0.2) is 6.23 Å². The van der Waals surface area contributed by atoms with Crippen LogP contribution in [0.25, 0.3) is 10.4 Å². The highest BCUT2D eigenvalue weighted by Crippen LogP contribution is 2.58. The Morgan fingerprint density at radius 2 is 2.06 bits per heavy atom. The molecule has 33 heavy (non-hydrogen) atoms. The lowest BCUT2D eigenvalue weighted by molar-refractivity contribution is -0.127. The normalized spacial score (nSPS) is 34.0. The first-order chi connectivity index (χ1) is 15.8. The van der Waals surface area contributed by atoms with Gasteiger partial charge in [0.2, 0.25) is 5.72 Å². The molecule has 2 aromatic rings. The minimum absolute atomic E-state index is 0.0484. The van der Waals surface area contributed by atoms with Crippen molar-refractivity contribution in [3.05, 3.63) is 79.4 Å². The van der Waals surface area contributed by atoms with Crippen LogP contribution in [0.1, 0.15) is 24.3 Å². The molecule has 0 aliphatic carbocycles.